The maximum absolute atomic E-state index is 5.54. The highest BCUT2D eigenvalue weighted by Gasteiger charge is 2.10. The normalized spacial score (nSPS) is 13.6. The van der Waals surface area contributed by atoms with Crippen molar-refractivity contribution in [3.8, 4) is 11.5 Å². The van der Waals surface area contributed by atoms with E-state index in [4.69, 9.17) is 9.47 Å². The lowest BCUT2D eigenvalue weighted by Crippen LogP contribution is -2.15. The number of fused-ring (bicyclic) bond motifs is 2. The Morgan fingerprint density at radius 1 is 1.09 bits per heavy atom. The van der Waals surface area contributed by atoms with E-state index < -0.39 is 0 Å². The molecule has 1 aromatic heterocycles. The zero-order valence-corrected chi connectivity index (χ0v) is 11.7. The topological polar surface area (TPSA) is 71.5 Å². The average Bonchev–Trinajstić information content (AvgIpc) is 2.97. The van der Waals surface area contributed by atoms with Gasteiger partial charge >= 0.3 is 0 Å². The zero-order valence-electron chi connectivity index (χ0n) is 11.7. The number of hydrogen-bond donors (Lipinski definition) is 2. The molecule has 0 unspecified atom stereocenters. The molecule has 0 radical (unpaired) electrons. The second kappa shape index (κ2) is 5.40. The van der Waals surface area contributed by atoms with Gasteiger partial charge < -0.3 is 14.5 Å². The van der Waals surface area contributed by atoms with Crippen molar-refractivity contribution in [1.29, 1.82) is 0 Å². The molecule has 22 heavy (non-hydrogen) atoms. The van der Waals surface area contributed by atoms with E-state index in [0.717, 1.165) is 28.1 Å². The fourth-order valence-corrected chi connectivity index (χ4v) is 2.31. The van der Waals surface area contributed by atoms with Crippen LogP contribution < -0.4 is 14.9 Å². The molecule has 1 aliphatic heterocycles. The van der Waals surface area contributed by atoms with Gasteiger partial charge in [0.05, 0.1) is 17.2 Å². The predicted octanol–water partition coefficient (Wildman–Crippen LogP) is 2.78. The molecule has 0 bridgehead atoms. The molecular formula is C16H14N4O2. The van der Waals surface area contributed by atoms with Gasteiger partial charge in [0, 0.05) is 0 Å². The summed E-state index contributed by atoms with van der Waals surface area (Å²) in [6, 6.07) is 13.5. The Morgan fingerprint density at radius 3 is 2.86 bits per heavy atom. The minimum absolute atomic E-state index is 0.574. The number of nitrogens with one attached hydrogen (secondary N) is 2. The minimum atomic E-state index is 0.574. The third-order valence-corrected chi connectivity index (χ3v) is 3.34. The number of ether oxygens (including phenoxy) is 2. The molecule has 0 atom stereocenters. The van der Waals surface area contributed by atoms with Crippen LogP contribution in [-0.4, -0.2) is 29.4 Å². The molecule has 0 saturated heterocycles. The van der Waals surface area contributed by atoms with Crippen LogP contribution in [0.15, 0.2) is 47.6 Å². The molecular weight excluding hydrogens is 280 g/mol. The van der Waals surface area contributed by atoms with Gasteiger partial charge in [-0.1, -0.05) is 12.1 Å². The maximum Gasteiger partial charge on any atom is 0.222 e. The molecule has 2 heterocycles. The summed E-state index contributed by atoms with van der Waals surface area (Å²) in [6.07, 6.45) is 1.71. The van der Waals surface area contributed by atoms with Crippen molar-refractivity contribution in [3.63, 3.8) is 0 Å². The van der Waals surface area contributed by atoms with Gasteiger partial charge in [-0.3, -0.25) is 0 Å². The summed E-state index contributed by atoms with van der Waals surface area (Å²) in [5.41, 5.74) is 5.69. The Morgan fingerprint density at radius 2 is 1.95 bits per heavy atom. The lowest BCUT2D eigenvalue weighted by atomic mass is 10.2. The van der Waals surface area contributed by atoms with Gasteiger partial charge in [0.1, 0.15) is 13.2 Å². The van der Waals surface area contributed by atoms with Gasteiger partial charge in [0.15, 0.2) is 11.5 Å². The Kier molecular flexibility index (Phi) is 3.12. The van der Waals surface area contributed by atoms with E-state index in [9.17, 15) is 0 Å². The van der Waals surface area contributed by atoms with Crippen molar-refractivity contribution >= 4 is 23.2 Å². The van der Waals surface area contributed by atoms with Gasteiger partial charge in [-0.05, 0) is 35.9 Å². The van der Waals surface area contributed by atoms with E-state index in [1.54, 1.807) is 6.21 Å². The summed E-state index contributed by atoms with van der Waals surface area (Å²) >= 11 is 0. The third kappa shape index (κ3) is 2.46. The summed E-state index contributed by atoms with van der Waals surface area (Å²) in [6.45, 7) is 1.17. The summed E-state index contributed by atoms with van der Waals surface area (Å²) in [7, 11) is 0. The van der Waals surface area contributed by atoms with Crippen molar-refractivity contribution in [2.45, 2.75) is 0 Å². The lowest BCUT2D eigenvalue weighted by molar-refractivity contribution is 0.171. The molecule has 6 heteroatoms. The van der Waals surface area contributed by atoms with Gasteiger partial charge in [-0.2, -0.15) is 5.10 Å². The lowest BCUT2D eigenvalue weighted by Gasteiger charge is -2.18. The van der Waals surface area contributed by atoms with Crippen LogP contribution in [0, 0.1) is 0 Å². The number of imidazole rings is 1. The first kappa shape index (κ1) is 12.7. The number of hydrogen-bond acceptors (Lipinski definition) is 5. The second-order valence-corrected chi connectivity index (χ2v) is 4.88. The summed E-state index contributed by atoms with van der Waals surface area (Å²) in [4.78, 5) is 7.54. The standard InChI is InChI=1S/C16H14N4O2/c1-2-4-13-12(3-1)18-16(19-13)20-17-10-11-5-6-14-15(9-11)22-8-7-21-14/h1-6,9-10H,7-8H2,(H2,18,19,20). The molecule has 2 N–H and O–H groups in total. The van der Waals surface area contributed by atoms with Crippen LogP contribution in [0.5, 0.6) is 11.5 Å². The van der Waals surface area contributed by atoms with Crippen molar-refractivity contribution in [3.05, 3.63) is 48.0 Å². The highest BCUT2D eigenvalue weighted by molar-refractivity contribution is 5.82. The van der Waals surface area contributed by atoms with Crippen LogP contribution in [0.4, 0.5) is 5.95 Å². The Hall–Kier alpha value is -3.02. The fraction of sp³-hybridized carbons (Fsp3) is 0.125. The number of hydrazone groups is 1. The zero-order chi connectivity index (χ0) is 14.8. The average molecular weight is 294 g/mol. The number of para-hydroxylation sites is 2. The predicted molar refractivity (Wildman–Crippen MR) is 84.7 cm³/mol. The van der Waals surface area contributed by atoms with Crippen molar-refractivity contribution in [2.75, 3.05) is 18.6 Å². The monoisotopic (exact) mass is 294 g/mol. The van der Waals surface area contributed by atoms with E-state index in [1.165, 1.54) is 0 Å². The Labute approximate surface area is 126 Å². The van der Waals surface area contributed by atoms with Crippen molar-refractivity contribution in [1.82, 2.24) is 9.97 Å². The molecule has 0 amide bonds. The largest absolute Gasteiger partial charge is 0.486 e. The Bertz CT molecular complexity index is 808. The van der Waals surface area contributed by atoms with E-state index in [2.05, 4.69) is 20.5 Å². The first-order valence-electron chi connectivity index (χ1n) is 7.02. The molecule has 1 aliphatic rings. The van der Waals surface area contributed by atoms with E-state index >= 15 is 0 Å². The van der Waals surface area contributed by atoms with Crippen LogP contribution in [-0.2, 0) is 0 Å². The quantitative estimate of drug-likeness (QED) is 0.575. The minimum Gasteiger partial charge on any atom is -0.486 e. The number of H-pyrrole nitrogens is 1. The molecule has 6 nitrogen and oxygen atoms in total. The number of benzene rings is 2. The molecule has 110 valence electrons. The number of nitrogens with zero attached hydrogens (tertiary/aromatic N) is 2. The molecule has 0 spiro atoms. The SMILES string of the molecule is C(=NNc1nc2ccccc2[nH]1)c1ccc2c(c1)OCCO2. The molecule has 0 saturated carbocycles. The van der Waals surface area contributed by atoms with Crippen molar-refractivity contribution < 1.29 is 9.47 Å². The van der Waals surface area contributed by atoms with Gasteiger partial charge in [-0.25, -0.2) is 10.4 Å². The van der Waals surface area contributed by atoms with Gasteiger partial charge in [0.25, 0.3) is 0 Å². The van der Waals surface area contributed by atoms with Gasteiger partial charge in [-0.15, -0.1) is 0 Å². The van der Waals surface area contributed by atoms with E-state index in [0.29, 0.717) is 19.2 Å². The summed E-state index contributed by atoms with van der Waals surface area (Å²) < 4.78 is 11.0. The fourth-order valence-electron chi connectivity index (χ4n) is 2.31. The summed E-state index contributed by atoms with van der Waals surface area (Å²) in [5, 5.41) is 4.19. The molecule has 0 fully saturated rings. The van der Waals surface area contributed by atoms with Crippen LogP contribution in [0.25, 0.3) is 11.0 Å². The van der Waals surface area contributed by atoms with Crippen LogP contribution in [0.1, 0.15) is 5.56 Å². The number of anilines is 1. The third-order valence-electron chi connectivity index (χ3n) is 3.34. The Balaban J connectivity index is 1.49. The molecule has 0 aliphatic carbocycles. The van der Waals surface area contributed by atoms with Crippen LogP contribution in [0.3, 0.4) is 0 Å². The first-order valence-corrected chi connectivity index (χ1v) is 7.02. The summed E-state index contributed by atoms with van der Waals surface area (Å²) in [5.74, 6) is 2.13. The maximum atomic E-state index is 5.54. The van der Waals surface area contributed by atoms with Crippen molar-refractivity contribution in [2.24, 2.45) is 5.10 Å². The van der Waals surface area contributed by atoms with E-state index in [-0.39, 0.29) is 0 Å². The van der Waals surface area contributed by atoms with Crippen LogP contribution >= 0.6 is 0 Å². The van der Waals surface area contributed by atoms with Gasteiger partial charge in [0.2, 0.25) is 5.95 Å². The first-order chi connectivity index (χ1) is 10.9. The molecule has 2 aromatic carbocycles. The number of aromatic nitrogens is 2. The number of rotatable bonds is 3. The molecule has 3 aromatic rings. The van der Waals surface area contributed by atoms with E-state index in [1.807, 2.05) is 42.5 Å². The second-order valence-electron chi connectivity index (χ2n) is 4.88. The number of aromatic amines is 1. The highest BCUT2D eigenvalue weighted by Crippen LogP contribution is 2.30. The smallest absolute Gasteiger partial charge is 0.222 e. The highest BCUT2D eigenvalue weighted by atomic mass is 16.6. The molecule has 4 rings (SSSR count). The van der Waals surface area contributed by atoms with Crippen LogP contribution in [0.2, 0.25) is 0 Å².